The molecular weight excluding hydrogens is 324 g/mol. The Morgan fingerprint density at radius 1 is 1.12 bits per heavy atom. The van der Waals surface area contributed by atoms with Gasteiger partial charge in [0.05, 0.1) is 18.0 Å². The predicted octanol–water partition coefficient (Wildman–Crippen LogP) is 0.312. The van der Waals surface area contributed by atoms with Gasteiger partial charge in [0, 0.05) is 26.4 Å². The van der Waals surface area contributed by atoms with Crippen LogP contribution >= 0.6 is 0 Å². The fourth-order valence-electron chi connectivity index (χ4n) is 2.42. The quantitative estimate of drug-likeness (QED) is 0.671. The second-order valence-electron chi connectivity index (χ2n) is 5.56. The molecule has 0 unspecified atom stereocenters. The van der Waals surface area contributed by atoms with Crippen LogP contribution in [0.3, 0.4) is 0 Å². The predicted molar refractivity (Wildman–Crippen MR) is 93.7 cm³/mol. The van der Waals surface area contributed by atoms with Crippen LogP contribution < -0.4 is 16.2 Å². The molecule has 8 heteroatoms. The van der Waals surface area contributed by atoms with Crippen molar-refractivity contribution in [3.8, 4) is 5.69 Å². The van der Waals surface area contributed by atoms with Crippen molar-refractivity contribution >= 4 is 17.5 Å². The molecule has 8 nitrogen and oxygen atoms in total. The van der Waals surface area contributed by atoms with Gasteiger partial charge >= 0.3 is 0 Å². The number of hydrogen-bond acceptors (Lipinski definition) is 4. The first kappa shape index (κ1) is 18.5. The Balaban J connectivity index is 2.12. The smallest absolute Gasteiger partial charge is 0.295 e. The summed E-state index contributed by atoms with van der Waals surface area (Å²) in [7, 11) is 1.74. The summed E-state index contributed by atoms with van der Waals surface area (Å²) in [6.07, 6.45) is -0.0546. The Morgan fingerprint density at radius 3 is 2.40 bits per heavy atom. The molecule has 0 bridgehead atoms. The molecule has 2 rings (SSSR count). The number of rotatable bonds is 7. The molecule has 0 spiro atoms. The van der Waals surface area contributed by atoms with Gasteiger partial charge in [0.1, 0.15) is 5.69 Å². The first-order chi connectivity index (χ1) is 12.0. The van der Waals surface area contributed by atoms with E-state index in [1.807, 2.05) is 18.2 Å². The minimum absolute atomic E-state index is 0.00934. The number of aliphatic hydroxyl groups is 1. The van der Waals surface area contributed by atoms with E-state index >= 15 is 0 Å². The summed E-state index contributed by atoms with van der Waals surface area (Å²) in [4.78, 5) is 36.2. The van der Waals surface area contributed by atoms with E-state index in [9.17, 15) is 14.4 Å². The van der Waals surface area contributed by atoms with E-state index in [-0.39, 0.29) is 43.1 Å². The van der Waals surface area contributed by atoms with E-state index in [4.69, 9.17) is 5.11 Å². The van der Waals surface area contributed by atoms with Gasteiger partial charge in [-0.3, -0.25) is 19.1 Å². The molecule has 1 aromatic heterocycles. The van der Waals surface area contributed by atoms with Gasteiger partial charge in [-0.25, -0.2) is 4.68 Å². The van der Waals surface area contributed by atoms with Crippen LogP contribution in [-0.4, -0.2) is 39.4 Å². The molecule has 0 aliphatic carbocycles. The highest BCUT2D eigenvalue weighted by Gasteiger charge is 2.18. The van der Waals surface area contributed by atoms with E-state index in [1.54, 1.807) is 30.8 Å². The lowest BCUT2D eigenvalue weighted by Crippen LogP contribution is -2.28. The highest BCUT2D eigenvalue weighted by molar-refractivity contribution is 5.93. The van der Waals surface area contributed by atoms with Crippen molar-refractivity contribution in [3.05, 3.63) is 46.4 Å². The molecule has 0 aliphatic rings. The normalized spacial score (nSPS) is 10.5. The van der Waals surface area contributed by atoms with Gasteiger partial charge < -0.3 is 15.7 Å². The maximum Gasteiger partial charge on any atom is 0.295 e. The van der Waals surface area contributed by atoms with Gasteiger partial charge in [-0.15, -0.1) is 0 Å². The summed E-state index contributed by atoms with van der Waals surface area (Å²) < 4.78 is 3.14. The van der Waals surface area contributed by atoms with Crippen molar-refractivity contribution in [3.63, 3.8) is 0 Å². The number of hydrogen-bond donors (Lipinski definition) is 3. The van der Waals surface area contributed by atoms with Crippen LogP contribution in [0.4, 0.5) is 5.69 Å². The summed E-state index contributed by atoms with van der Waals surface area (Å²) in [6.45, 7) is 1.74. The number of aliphatic hydroxyl groups excluding tert-OH is 1. The van der Waals surface area contributed by atoms with Crippen LogP contribution in [0.15, 0.2) is 35.1 Å². The first-order valence-electron chi connectivity index (χ1n) is 7.97. The van der Waals surface area contributed by atoms with Crippen molar-refractivity contribution in [2.75, 3.05) is 18.5 Å². The van der Waals surface area contributed by atoms with Gasteiger partial charge in [-0.1, -0.05) is 18.2 Å². The largest absolute Gasteiger partial charge is 0.395 e. The van der Waals surface area contributed by atoms with E-state index in [0.717, 1.165) is 0 Å². The molecule has 25 heavy (non-hydrogen) atoms. The lowest BCUT2D eigenvalue weighted by Gasteiger charge is -2.07. The standard InChI is InChI=1S/C17H22N4O4/c1-12-16(19-15(24)9-8-14(23)18-10-11-22)17(25)21(20(12)2)13-6-4-3-5-7-13/h3-7,22H,8-11H2,1-2H3,(H,18,23)(H,19,24). The fourth-order valence-corrected chi connectivity index (χ4v) is 2.42. The van der Waals surface area contributed by atoms with Crippen LogP contribution in [0.2, 0.25) is 0 Å². The van der Waals surface area contributed by atoms with Gasteiger partial charge in [-0.2, -0.15) is 0 Å². The molecule has 134 valence electrons. The minimum atomic E-state index is -0.412. The first-order valence-corrected chi connectivity index (χ1v) is 7.97. The Kier molecular flexibility index (Phi) is 6.13. The van der Waals surface area contributed by atoms with Crippen molar-refractivity contribution in [1.29, 1.82) is 0 Å². The molecule has 1 aromatic carbocycles. The molecule has 0 saturated carbocycles. The van der Waals surface area contributed by atoms with Crippen LogP contribution in [0.1, 0.15) is 18.5 Å². The molecule has 0 aliphatic heterocycles. The second kappa shape index (κ2) is 8.29. The van der Waals surface area contributed by atoms with Crippen LogP contribution in [0, 0.1) is 6.92 Å². The number of carbonyl (C=O) groups excluding carboxylic acids is 2. The Hall–Kier alpha value is -2.87. The van der Waals surface area contributed by atoms with Gasteiger partial charge in [-0.05, 0) is 19.1 Å². The molecule has 0 radical (unpaired) electrons. The number of nitrogens with one attached hydrogen (secondary N) is 2. The topological polar surface area (TPSA) is 105 Å². The summed E-state index contributed by atoms with van der Waals surface area (Å²) in [5.74, 6) is -0.735. The Morgan fingerprint density at radius 2 is 1.76 bits per heavy atom. The highest BCUT2D eigenvalue weighted by Crippen LogP contribution is 2.14. The number of nitrogens with zero attached hydrogens (tertiary/aromatic N) is 2. The molecule has 0 fully saturated rings. The zero-order valence-corrected chi connectivity index (χ0v) is 14.3. The molecule has 0 atom stereocenters. The molecular formula is C17H22N4O4. The van der Waals surface area contributed by atoms with E-state index in [1.165, 1.54) is 4.68 Å². The van der Waals surface area contributed by atoms with Gasteiger partial charge in [0.2, 0.25) is 11.8 Å². The zero-order chi connectivity index (χ0) is 18.4. The van der Waals surface area contributed by atoms with Crippen molar-refractivity contribution in [2.45, 2.75) is 19.8 Å². The highest BCUT2D eigenvalue weighted by atomic mass is 16.3. The summed E-state index contributed by atoms with van der Waals surface area (Å²) in [6, 6.07) is 9.12. The number of amides is 2. The summed E-state index contributed by atoms with van der Waals surface area (Å²) >= 11 is 0. The lowest BCUT2D eigenvalue weighted by atomic mass is 10.2. The van der Waals surface area contributed by atoms with E-state index in [0.29, 0.717) is 11.4 Å². The number of anilines is 1. The fraction of sp³-hybridized carbons (Fsp3) is 0.353. The molecule has 2 amide bonds. The molecule has 2 aromatic rings. The lowest BCUT2D eigenvalue weighted by molar-refractivity contribution is -0.124. The number of benzene rings is 1. The molecule has 1 heterocycles. The van der Waals surface area contributed by atoms with E-state index < -0.39 is 5.91 Å². The van der Waals surface area contributed by atoms with Crippen LogP contribution in [0.25, 0.3) is 5.69 Å². The van der Waals surface area contributed by atoms with Crippen LogP contribution in [0.5, 0.6) is 0 Å². The average molecular weight is 346 g/mol. The Bertz CT molecular complexity index is 808. The third kappa shape index (κ3) is 4.36. The zero-order valence-electron chi connectivity index (χ0n) is 14.3. The molecule has 3 N–H and O–H groups in total. The van der Waals surface area contributed by atoms with Crippen LogP contribution in [-0.2, 0) is 16.6 Å². The minimum Gasteiger partial charge on any atom is -0.395 e. The second-order valence-corrected chi connectivity index (χ2v) is 5.56. The van der Waals surface area contributed by atoms with Crippen molar-refractivity contribution < 1.29 is 14.7 Å². The Labute approximate surface area is 145 Å². The monoisotopic (exact) mass is 346 g/mol. The van der Waals surface area contributed by atoms with Crippen molar-refractivity contribution in [2.24, 2.45) is 7.05 Å². The summed E-state index contributed by atoms with van der Waals surface area (Å²) in [5, 5.41) is 13.7. The maximum absolute atomic E-state index is 12.6. The third-order valence-corrected chi connectivity index (χ3v) is 3.83. The maximum atomic E-state index is 12.6. The average Bonchev–Trinajstić information content (AvgIpc) is 2.82. The molecule has 0 saturated heterocycles. The number of aromatic nitrogens is 2. The number of carbonyl (C=O) groups is 2. The summed E-state index contributed by atoms with van der Waals surface area (Å²) in [5.41, 5.74) is 1.19. The van der Waals surface area contributed by atoms with Crippen molar-refractivity contribution in [1.82, 2.24) is 14.7 Å². The van der Waals surface area contributed by atoms with Gasteiger partial charge in [0.15, 0.2) is 0 Å². The number of para-hydroxylation sites is 1. The third-order valence-electron chi connectivity index (χ3n) is 3.83. The van der Waals surface area contributed by atoms with Gasteiger partial charge in [0.25, 0.3) is 5.56 Å². The SMILES string of the molecule is Cc1c(NC(=O)CCC(=O)NCCO)c(=O)n(-c2ccccc2)n1C. The van der Waals surface area contributed by atoms with E-state index in [2.05, 4.69) is 10.6 Å².